The molecule has 17 heavy (non-hydrogen) atoms. The minimum Gasteiger partial charge on any atom is -0.456 e. The molecule has 0 unspecified atom stereocenters. The minimum atomic E-state index is -0.537. The van der Waals surface area contributed by atoms with Crippen molar-refractivity contribution in [1.29, 1.82) is 0 Å². The van der Waals surface area contributed by atoms with Gasteiger partial charge in [-0.05, 0) is 61.6 Å². The summed E-state index contributed by atoms with van der Waals surface area (Å²) in [5.74, 6) is -0.920. The molecule has 0 aliphatic rings. The van der Waals surface area contributed by atoms with Gasteiger partial charge in [-0.25, -0.2) is 4.79 Å². The molecule has 1 aromatic rings. The number of carbonyl (C=O) groups is 2. The molecule has 92 valence electrons. The van der Waals surface area contributed by atoms with Crippen LogP contribution in [-0.2, 0) is 4.74 Å². The molecule has 1 aromatic carbocycles. The molecule has 0 aliphatic carbocycles. The van der Waals surface area contributed by atoms with E-state index in [4.69, 9.17) is 10.5 Å². The summed E-state index contributed by atoms with van der Waals surface area (Å²) in [4.78, 5) is 22.8. The molecule has 1 rings (SSSR count). The van der Waals surface area contributed by atoms with Crippen molar-refractivity contribution in [2.45, 2.75) is 26.4 Å². The fourth-order valence-electron chi connectivity index (χ4n) is 1.18. The van der Waals surface area contributed by atoms with Crippen LogP contribution in [0.4, 0.5) is 0 Å². The van der Waals surface area contributed by atoms with Gasteiger partial charge in [0, 0.05) is 3.57 Å². The Bertz CT molecular complexity index is 463. The predicted octanol–water partition coefficient (Wildman–Crippen LogP) is 2.35. The molecule has 0 radical (unpaired) electrons. The standard InChI is InChI=1S/C12H14INO3/c1-12(2,3)17-11(16)7-4-5-8(10(14)15)9(13)6-7/h4-6H,1-3H3,(H2,14,15). The Kier molecular flexibility index (Phi) is 4.13. The summed E-state index contributed by atoms with van der Waals surface area (Å²) in [6, 6.07) is 4.66. The number of nitrogens with two attached hydrogens (primary N) is 1. The average molecular weight is 347 g/mol. The smallest absolute Gasteiger partial charge is 0.338 e. The number of primary amides is 1. The van der Waals surface area contributed by atoms with Crippen LogP contribution in [0.15, 0.2) is 18.2 Å². The number of carbonyl (C=O) groups excluding carboxylic acids is 2. The number of halogens is 1. The van der Waals surface area contributed by atoms with Crippen molar-refractivity contribution in [2.24, 2.45) is 5.73 Å². The maximum Gasteiger partial charge on any atom is 0.338 e. The van der Waals surface area contributed by atoms with E-state index in [9.17, 15) is 9.59 Å². The lowest BCUT2D eigenvalue weighted by molar-refractivity contribution is 0.00692. The lowest BCUT2D eigenvalue weighted by Crippen LogP contribution is -2.24. The van der Waals surface area contributed by atoms with Gasteiger partial charge >= 0.3 is 5.97 Å². The molecule has 0 heterocycles. The lowest BCUT2D eigenvalue weighted by atomic mass is 10.1. The summed E-state index contributed by atoms with van der Waals surface area (Å²) in [6.07, 6.45) is 0. The summed E-state index contributed by atoms with van der Waals surface area (Å²) in [7, 11) is 0. The fourth-order valence-corrected chi connectivity index (χ4v) is 1.96. The lowest BCUT2D eigenvalue weighted by Gasteiger charge is -2.19. The Labute approximate surface area is 114 Å². The first-order valence-electron chi connectivity index (χ1n) is 5.03. The van der Waals surface area contributed by atoms with Crippen molar-refractivity contribution in [3.63, 3.8) is 0 Å². The van der Waals surface area contributed by atoms with Gasteiger partial charge in [-0.1, -0.05) is 0 Å². The monoisotopic (exact) mass is 347 g/mol. The van der Waals surface area contributed by atoms with E-state index in [-0.39, 0.29) is 0 Å². The summed E-state index contributed by atoms with van der Waals surface area (Å²) < 4.78 is 5.86. The van der Waals surface area contributed by atoms with Gasteiger partial charge in [0.15, 0.2) is 0 Å². The Morgan fingerprint density at radius 2 is 1.88 bits per heavy atom. The molecule has 4 nitrogen and oxygen atoms in total. The highest BCUT2D eigenvalue weighted by Gasteiger charge is 2.19. The molecule has 2 N–H and O–H groups in total. The van der Waals surface area contributed by atoms with Crippen molar-refractivity contribution < 1.29 is 14.3 Å². The van der Waals surface area contributed by atoms with Gasteiger partial charge in [0.1, 0.15) is 5.60 Å². The highest BCUT2D eigenvalue weighted by molar-refractivity contribution is 14.1. The van der Waals surface area contributed by atoms with Crippen LogP contribution in [0.5, 0.6) is 0 Å². The number of hydrogen-bond donors (Lipinski definition) is 1. The maximum absolute atomic E-state index is 11.8. The van der Waals surface area contributed by atoms with E-state index >= 15 is 0 Å². The first-order valence-corrected chi connectivity index (χ1v) is 6.11. The van der Waals surface area contributed by atoms with Crippen LogP contribution >= 0.6 is 22.6 Å². The molecule has 0 fully saturated rings. The molecule has 0 spiro atoms. The highest BCUT2D eigenvalue weighted by atomic mass is 127. The number of rotatable bonds is 2. The first kappa shape index (κ1) is 14.0. The predicted molar refractivity (Wildman–Crippen MR) is 72.8 cm³/mol. The van der Waals surface area contributed by atoms with E-state index in [1.165, 1.54) is 12.1 Å². The first-order chi connectivity index (χ1) is 7.70. The summed E-state index contributed by atoms with van der Waals surface area (Å²) >= 11 is 1.96. The second kappa shape index (κ2) is 5.03. The van der Waals surface area contributed by atoms with Crippen LogP contribution in [-0.4, -0.2) is 17.5 Å². The average Bonchev–Trinajstić information content (AvgIpc) is 2.14. The number of esters is 1. The second-order valence-corrected chi connectivity index (χ2v) is 5.72. The minimum absolute atomic E-state index is 0.401. The third-order valence-corrected chi connectivity index (χ3v) is 2.76. The molecular formula is C12H14INO3. The van der Waals surface area contributed by atoms with Crippen LogP contribution < -0.4 is 5.73 Å². The van der Waals surface area contributed by atoms with Crippen LogP contribution in [0, 0.1) is 3.57 Å². The van der Waals surface area contributed by atoms with Crippen LogP contribution in [0.2, 0.25) is 0 Å². The van der Waals surface area contributed by atoms with Gasteiger partial charge < -0.3 is 10.5 Å². The Hall–Kier alpha value is -1.11. The molecule has 0 aliphatic heterocycles. The largest absolute Gasteiger partial charge is 0.456 e. The Morgan fingerprint density at radius 1 is 1.29 bits per heavy atom. The zero-order valence-corrected chi connectivity index (χ0v) is 12.1. The van der Waals surface area contributed by atoms with Gasteiger partial charge in [0.05, 0.1) is 11.1 Å². The number of ether oxygens (including phenoxy) is 1. The third-order valence-electron chi connectivity index (χ3n) is 1.87. The van der Waals surface area contributed by atoms with Crippen molar-refractivity contribution in [1.82, 2.24) is 0 Å². The van der Waals surface area contributed by atoms with Crippen molar-refractivity contribution >= 4 is 34.5 Å². The van der Waals surface area contributed by atoms with Crippen molar-refractivity contribution in [3.8, 4) is 0 Å². The van der Waals surface area contributed by atoms with Crippen molar-refractivity contribution in [3.05, 3.63) is 32.9 Å². The maximum atomic E-state index is 11.8. The molecule has 0 atom stereocenters. The van der Waals surface area contributed by atoms with Crippen LogP contribution in [0.1, 0.15) is 41.5 Å². The van der Waals surface area contributed by atoms with E-state index in [1.54, 1.807) is 26.8 Å². The molecule has 0 saturated heterocycles. The molecule has 1 amide bonds. The zero-order chi connectivity index (χ0) is 13.2. The summed E-state index contributed by atoms with van der Waals surface area (Å²) in [5, 5.41) is 0. The fraction of sp³-hybridized carbons (Fsp3) is 0.333. The van der Waals surface area contributed by atoms with E-state index in [0.29, 0.717) is 14.7 Å². The Balaban J connectivity index is 2.98. The van der Waals surface area contributed by atoms with E-state index in [0.717, 1.165) is 0 Å². The topological polar surface area (TPSA) is 69.4 Å². The molecular weight excluding hydrogens is 333 g/mol. The highest BCUT2D eigenvalue weighted by Crippen LogP contribution is 2.17. The van der Waals surface area contributed by atoms with Gasteiger partial charge in [0.25, 0.3) is 0 Å². The quantitative estimate of drug-likeness (QED) is 0.660. The summed E-state index contributed by atoms with van der Waals surface area (Å²) in [5.41, 5.74) is 5.46. The van der Waals surface area contributed by atoms with E-state index in [1.807, 2.05) is 22.6 Å². The van der Waals surface area contributed by atoms with Gasteiger partial charge in [-0.2, -0.15) is 0 Å². The number of hydrogen-bond acceptors (Lipinski definition) is 3. The second-order valence-electron chi connectivity index (χ2n) is 4.56. The van der Waals surface area contributed by atoms with Crippen molar-refractivity contribution in [2.75, 3.05) is 0 Å². The van der Waals surface area contributed by atoms with E-state index in [2.05, 4.69) is 0 Å². The van der Waals surface area contributed by atoms with Gasteiger partial charge in [-0.3, -0.25) is 4.79 Å². The van der Waals surface area contributed by atoms with E-state index < -0.39 is 17.5 Å². The zero-order valence-electron chi connectivity index (χ0n) is 9.91. The number of benzene rings is 1. The Morgan fingerprint density at radius 3 is 2.29 bits per heavy atom. The third kappa shape index (κ3) is 3.99. The number of amides is 1. The van der Waals surface area contributed by atoms with Crippen LogP contribution in [0.25, 0.3) is 0 Å². The molecule has 0 saturated carbocycles. The normalized spacial score (nSPS) is 11.1. The molecule has 0 bridgehead atoms. The van der Waals surface area contributed by atoms with Gasteiger partial charge in [0.2, 0.25) is 5.91 Å². The van der Waals surface area contributed by atoms with Crippen LogP contribution in [0.3, 0.4) is 0 Å². The van der Waals surface area contributed by atoms with Gasteiger partial charge in [-0.15, -0.1) is 0 Å². The SMILES string of the molecule is CC(C)(C)OC(=O)c1ccc(C(N)=O)c(I)c1. The molecule has 0 aromatic heterocycles. The summed E-state index contributed by atoms with van der Waals surface area (Å²) in [6.45, 7) is 5.40. The molecule has 5 heteroatoms.